The number of phenolic OH excluding ortho intramolecular Hbond substituents is 6. The van der Waals surface area contributed by atoms with Crippen molar-refractivity contribution in [2.24, 2.45) is 5.41 Å². The molecule has 0 atom stereocenters. The Labute approximate surface area is 513 Å². The van der Waals surface area contributed by atoms with Gasteiger partial charge in [0.15, 0.2) is 46.0 Å². The second-order valence-corrected chi connectivity index (χ2v) is 19.9. The quantitative estimate of drug-likeness (QED) is 0.0203. The van der Waals surface area contributed by atoms with Gasteiger partial charge < -0.3 is 109 Å². The summed E-state index contributed by atoms with van der Waals surface area (Å²) in [4.78, 5) is 54.8. The molecule has 4 aromatic carbocycles. The minimum Gasteiger partial charge on any atom is -0.504 e. The van der Waals surface area contributed by atoms with Gasteiger partial charge in [-0.25, -0.2) is 0 Å². The molecule has 0 aliphatic rings. The summed E-state index contributed by atoms with van der Waals surface area (Å²) < 4.78 is 68.1. The van der Waals surface area contributed by atoms with Gasteiger partial charge in [-0.1, -0.05) is 31.0 Å². The lowest BCUT2D eigenvalue weighted by atomic mass is 9.73. The zero-order chi connectivity index (χ0) is 63.6. The first-order valence-corrected chi connectivity index (χ1v) is 29.4. The van der Waals surface area contributed by atoms with Crippen molar-refractivity contribution >= 4 is 23.6 Å². The van der Waals surface area contributed by atoms with Gasteiger partial charge in [0.05, 0.1) is 116 Å². The van der Waals surface area contributed by atoms with Crippen LogP contribution in [0.2, 0.25) is 0 Å². The second kappa shape index (κ2) is 43.3. The van der Waals surface area contributed by atoms with Crippen molar-refractivity contribution in [2.75, 3.05) is 160 Å². The zero-order valence-electron chi connectivity index (χ0n) is 50.8. The lowest BCUT2D eigenvalue weighted by Gasteiger charge is -2.33. The number of aromatic hydroxyl groups is 6. The number of rotatable bonds is 50. The molecule has 4 aromatic rings. The minimum atomic E-state index is -1.16. The lowest BCUT2D eigenvalue weighted by molar-refractivity contribution is -0.133. The highest BCUT2D eigenvalue weighted by atomic mass is 16.6. The van der Waals surface area contributed by atoms with Crippen LogP contribution in [0, 0.1) is 5.41 Å². The molecule has 490 valence electrons. The van der Waals surface area contributed by atoms with Crippen molar-refractivity contribution in [1.82, 2.24) is 21.3 Å². The summed E-state index contributed by atoms with van der Waals surface area (Å²) in [5.74, 6) is -4.51. The maximum Gasteiger partial charge on any atom is 0.255 e. The van der Waals surface area contributed by atoms with Crippen LogP contribution in [0.15, 0.2) is 66.7 Å². The molecule has 0 spiro atoms. The fourth-order valence-corrected chi connectivity index (χ4v) is 8.83. The van der Waals surface area contributed by atoms with Gasteiger partial charge in [0.2, 0.25) is 11.7 Å². The summed E-state index contributed by atoms with van der Waals surface area (Å²) >= 11 is 0. The first kappa shape index (κ1) is 73.1. The molecule has 0 aliphatic carbocycles. The second-order valence-electron chi connectivity index (χ2n) is 19.9. The Morgan fingerprint density at radius 2 is 0.705 bits per heavy atom. The SMILES string of the molecule is COCCOCCOCCOc1cc(CNC(=O)C(CCCCNC(=O)c2cccc(O)c2O)(CCCCNC(=O)c2cccc(O)c2O)CCCNC(=O)c2cccc(O)c2O)cc(OCCOCCOCCOC)c1OCCOCCOCCOC. The number of carbonyl (C=O) groups excluding carboxylic acids is 4. The topological polar surface area (TPSA) is 349 Å². The average Bonchev–Trinajstić information content (AvgIpc) is 2.55. The maximum absolute atomic E-state index is 15.3. The summed E-state index contributed by atoms with van der Waals surface area (Å²) in [7, 11) is 4.77. The third-order valence-corrected chi connectivity index (χ3v) is 13.5. The highest BCUT2D eigenvalue weighted by molar-refractivity contribution is 5.98. The molecule has 0 bridgehead atoms. The van der Waals surface area contributed by atoms with Crippen LogP contribution < -0.4 is 35.5 Å². The third kappa shape index (κ3) is 26.9. The molecule has 0 radical (unpaired) electrons. The molecule has 4 rings (SSSR count). The number of phenols is 6. The Balaban J connectivity index is 1.65. The summed E-state index contributed by atoms with van der Waals surface area (Å²) in [5.41, 5.74) is -0.988. The van der Waals surface area contributed by atoms with E-state index in [-0.39, 0.29) is 131 Å². The highest BCUT2D eigenvalue weighted by Gasteiger charge is 2.37. The average molecular weight is 1240 g/mol. The molecule has 0 unspecified atom stereocenters. The molecule has 26 heteroatoms. The predicted molar refractivity (Wildman–Crippen MR) is 321 cm³/mol. The van der Waals surface area contributed by atoms with Gasteiger partial charge in [-0.05, 0) is 92.6 Å². The first-order chi connectivity index (χ1) is 42.8. The van der Waals surface area contributed by atoms with E-state index in [1.807, 2.05) is 0 Å². The van der Waals surface area contributed by atoms with E-state index >= 15 is 4.79 Å². The highest BCUT2D eigenvalue weighted by Crippen LogP contribution is 2.41. The number of unbranched alkanes of at least 4 members (excludes halogenated alkanes) is 2. The van der Waals surface area contributed by atoms with E-state index < -0.39 is 57.6 Å². The minimum absolute atomic E-state index is 0.0507. The number of carbonyl (C=O) groups is 4. The summed E-state index contributed by atoms with van der Waals surface area (Å²) in [6.45, 7) is 5.62. The van der Waals surface area contributed by atoms with Crippen LogP contribution in [0.25, 0.3) is 0 Å². The number of hydrogen-bond donors (Lipinski definition) is 10. The van der Waals surface area contributed by atoms with Gasteiger partial charge in [0.25, 0.3) is 17.7 Å². The number of hydrogen-bond acceptors (Lipinski definition) is 22. The van der Waals surface area contributed by atoms with Crippen molar-refractivity contribution in [3.8, 4) is 51.7 Å². The van der Waals surface area contributed by atoms with Gasteiger partial charge in [-0.2, -0.15) is 0 Å². The molecule has 0 aliphatic heterocycles. The molecule has 0 fully saturated rings. The summed E-state index contributed by atoms with van der Waals surface area (Å²) in [6, 6.07) is 15.6. The molecule has 26 nitrogen and oxygen atoms in total. The van der Waals surface area contributed by atoms with Crippen LogP contribution in [-0.2, 0) is 54.0 Å². The molecule has 0 saturated heterocycles. The van der Waals surface area contributed by atoms with Gasteiger partial charge in [0, 0.05) is 52.9 Å². The molecule has 10 N–H and O–H groups in total. The Morgan fingerprint density at radius 1 is 0.386 bits per heavy atom. The number of para-hydroxylation sites is 3. The van der Waals surface area contributed by atoms with E-state index in [1.165, 1.54) is 54.6 Å². The van der Waals surface area contributed by atoms with E-state index in [4.69, 9.17) is 56.8 Å². The lowest BCUT2D eigenvalue weighted by Crippen LogP contribution is -2.42. The first-order valence-electron chi connectivity index (χ1n) is 29.4. The van der Waals surface area contributed by atoms with Crippen molar-refractivity contribution in [2.45, 2.75) is 57.9 Å². The van der Waals surface area contributed by atoms with E-state index in [1.54, 1.807) is 33.5 Å². The Hall–Kier alpha value is -7.40. The zero-order valence-corrected chi connectivity index (χ0v) is 50.8. The predicted octanol–water partition coefficient (Wildman–Crippen LogP) is 5.11. The van der Waals surface area contributed by atoms with Gasteiger partial charge >= 0.3 is 0 Å². The summed E-state index contributed by atoms with van der Waals surface area (Å²) in [6.07, 6.45) is 2.55. The molecular weight excluding hydrogens is 1150 g/mol. The molecule has 0 saturated carbocycles. The number of methoxy groups -OCH3 is 3. The van der Waals surface area contributed by atoms with Crippen LogP contribution in [0.4, 0.5) is 0 Å². The molecule has 0 aromatic heterocycles. The number of benzene rings is 4. The van der Waals surface area contributed by atoms with E-state index in [0.29, 0.717) is 111 Å². The van der Waals surface area contributed by atoms with Crippen molar-refractivity contribution in [3.63, 3.8) is 0 Å². The van der Waals surface area contributed by atoms with Crippen LogP contribution >= 0.6 is 0 Å². The largest absolute Gasteiger partial charge is 0.504 e. The van der Waals surface area contributed by atoms with Crippen molar-refractivity contribution < 1.29 is 107 Å². The smallest absolute Gasteiger partial charge is 0.255 e. The molecule has 0 heterocycles. The van der Waals surface area contributed by atoms with E-state index in [0.717, 1.165) is 0 Å². The third-order valence-electron chi connectivity index (χ3n) is 13.5. The number of amides is 4. The molecule has 4 amide bonds. The fraction of sp³-hybridized carbons (Fsp3) is 0.548. The Kier molecular flexibility index (Phi) is 35.9. The molecule has 88 heavy (non-hydrogen) atoms. The van der Waals surface area contributed by atoms with Crippen molar-refractivity contribution in [1.29, 1.82) is 0 Å². The normalized spacial score (nSPS) is 11.3. The van der Waals surface area contributed by atoms with Crippen molar-refractivity contribution in [3.05, 3.63) is 89.0 Å². The van der Waals surface area contributed by atoms with Crippen LogP contribution in [0.5, 0.6) is 51.7 Å². The van der Waals surface area contributed by atoms with Gasteiger partial charge in [-0.3, -0.25) is 19.2 Å². The fourth-order valence-electron chi connectivity index (χ4n) is 8.83. The standard InChI is InChI=1S/C62H90N4O22/c1-77-24-27-80-30-33-83-36-39-86-52-42-45(43-53(87-40-37-84-34-31-81-28-25-78-2)57(52)88-41-38-85-35-32-82-29-26-79-3)44-66-61(76)62(20-11-23-65-60(75)48-14-10-17-51(69)56(48)72,18-4-6-21-63-58(73)46-12-8-15-49(67)54(46)70)19-5-7-22-64-59(74)47-13-9-16-50(68)55(47)71/h8-10,12-17,42-43,67-72H,4-7,11,18-41,44H2,1-3H3,(H,63,73)(H,64,74)(H,65,75)(H,66,76). The number of ether oxygens (including phenoxy) is 12. The van der Waals surface area contributed by atoms with E-state index in [2.05, 4.69) is 21.3 Å². The van der Waals surface area contributed by atoms with Gasteiger partial charge in [0.1, 0.15) is 19.8 Å². The monoisotopic (exact) mass is 1240 g/mol. The van der Waals surface area contributed by atoms with Crippen LogP contribution in [0.3, 0.4) is 0 Å². The van der Waals surface area contributed by atoms with Crippen LogP contribution in [0.1, 0.15) is 88.0 Å². The maximum atomic E-state index is 15.3. The Bertz CT molecular complexity index is 2550. The molecular formula is C62H90N4O22. The van der Waals surface area contributed by atoms with E-state index in [9.17, 15) is 45.0 Å². The van der Waals surface area contributed by atoms with Gasteiger partial charge in [-0.15, -0.1) is 0 Å². The summed E-state index contributed by atoms with van der Waals surface area (Å²) in [5, 5.41) is 72.7. The Morgan fingerprint density at radius 3 is 1.07 bits per heavy atom. The van der Waals surface area contributed by atoms with Crippen LogP contribution in [-0.4, -0.2) is 214 Å². The number of nitrogens with one attached hydrogen (secondary N) is 4.